The Morgan fingerprint density at radius 2 is 1.95 bits per heavy atom. The van der Waals surface area contributed by atoms with E-state index in [1.54, 1.807) is 37.3 Å². The standard InChI is InChI=1S/C15H10ClFN2OS/c1-8-13(11-6-7-12(16)21-11)14(15(20)19-18-8)9-4-2-3-5-10(9)17/h2-7H,1H3,(H,19,20). The van der Waals surface area contributed by atoms with Crippen LogP contribution in [0.5, 0.6) is 0 Å². The number of aromatic nitrogens is 2. The Labute approximate surface area is 129 Å². The molecule has 0 aliphatic rings. The number of rotatable bonds is 2. The summed E-state index contributed by atoms with van der Waals surface area (Å²) < 4.78 is 14.7. The first-order chi connectivity index (χ1) is 10.1. The smallest absolute Gasteiger partial charge is 0.267 e. The highest BCUT2D eigenvalue weighted by Gasteiger charge is 2.19. The number of aryl methyl sites for hydroxylation is 1. The summed E-state index contributed by atoms with van der Waals surface area (Å²) in [5.41, 5.74) is 1.33. The molecule has 1 aromatic carbocycles. The molecule has 2 aromatic heterocycles. The zero-order valence-corrected chi connectivity index (χ0v) is 12.6. The Kier molecular flexibility index (Phi) is 3.61. The number of nitrogens with one attached hydrogen (secondary N) is 1. The van der Waals surface area contributed by atoms with Gasteiger partial charge in [-0.2, -0.15) is 5.10 Å². The fourth-order valence-corrected chi connectivity index (χ4v) is 3.36. The first kappa shape index (κ1) is 14.0. The second-order valence-corrected chi connectivity index (χ2v) is 6.19. The first-order valence-electron chi connectivity index (χ1n) is 6.18. The minimum absolute atomic E-state index is 0.253. The first-order valence-corrected chi connectivity index (χ1v) is 7.37. The third kappa shape index (κ3) is 2.50. The average Bonchev–Trinajstić information content (AvgIpc) is 2.88. The summed E-state index contributed by atoms with van der Waals surface area (Å²) in [5.74, 6) is -0.447. The van der Waals surface area contributed by atoms with E-state index in [0.29, 0.717) is 15.6 Å². The van der Waals surface area contributed by atoms with Crippen molar-refractivity contribution in [3.8, 4) is 21.6 Å². The van der Waals surface area contributed by atoms with Gasteiger partial charge in [-0.3, -0.25) is 4.79 Å². The van der Waals surface area contributed by atoms with Crippen LogP contribution in [0.15, 0.2) is 41.2 Å². The fourth-order valence-electron chi connectivity index (χ4n) is 2.21. The predicted octanol–water partition coefficient (Wildman–Crippen LogP) is 4.27. The van der Waals surface area contributed by atoms with Crippen LogP contribution in [0.25, 0.3) is 21.6 Å². The molecule has 1 N–H and O–H groups in total. The number of hydrogen-bond acceptors (Lipinski definition) is 3. The molecule has 0 radical (unpaired) electrons. The number of benzene rings is 1. The molecular weight excluding hydrogens is 311 g/mol. The van der Waals surface area contributed by atoms with E-state index in [-0.39, 0.29) is 11.1 Å². The van der Waals surface area contributed by atoms with Crippen LogP contribution in [0.4, 0.5) is 4.39 Å². The van der Waals surface area contributed by atoms with E-state index in [2.05, 4.69) is 10.2 Å². The predicted molar refractivity (Wildman–Crippen MR) is 83.3 cm³/mol. The maximum Gasteiger partial charge on any atom is 0.272 e. The Morgan fingerprint density at radius 1 is 1.19 bits per heavy atom. The van der Waals surface area contributed by atoms with Gasteiger partial charge in [0.05, 0.1) is 15.6 Å². The monoisotopic (exact) mass is 320 g/mol. The number of thiophene rings is 1. The van der Waals surface area contributed by atoms with Crippen LogP contribution in [-0.4, -0.2) is 10.2 Å². The van der Waals surface area contributed by atoms with Gasteiger partial charge >= 0.3 is 0 Å². The number of aromatic amines is 1. The van der Waals surface area contributed by atoms with Gasteiger partial charge in [0.15, 0.2) is 0 Å². The van der Waals surface area contributed by atoms with Crippen molar-refractivity contribution >= 4 is 22.9 Å². The molecule has 3 rings (SSSR count). The minimum Gasteiger partial charge on any atom is -0.267 e. The fraction of sp³-hybridized carbons (Fsp3) is 0.0667. The van der Waals surface area contributed by atoms with E-state index in [1.807, 2.05) is 0 Å². The lowest BCUT2D eigenvalue weighted by atomic mass is 9.99. The van der Waals surface area contributed by atoms with Gasteiger partial charge in [0.25, 0.3) is 5.56 Å². The molecule has 6 heteroatoms. The summed E-state index contributed by atoms with van der Waals surface area (Å²) in [4.78, 5) is 13.0. The van der Waals surface area contributed by atoms with E-state index in [0.717, 1.165) is 4.88 Å². The molecule has 0 amide bonds. The summed E-state index contributed by atoms with van der Waals surface area (Å²) in [6.45, 7) is 1.77. The molecule has 3 aromatic rings. The molecule has 106 valence electrons. The van der Waals surface area contributed by atoms with Crippen LogP contribution in [0, 0.1) is 12.7 Å². The number of hydrogen-bond donors (Lipinski definition) is 1. The van der Waals surface area contributed by atoms with Crippen molar-refractivity contribution in [2.24, 2.45) is 0 Å². The number of nitrogens with zero attached hydrogens (tertiary/aromatic N) is 1. The SMILES string of the molecule is Cc1n[nH]c(=O)c(-c2ccccc2F)c1-c1ccc(Cl)s1. The molecule has 0 aliphatic carbocycles. The lowest BCUT2D eigenvalue weighted by Crippen LogP contribution is -2.14. The van der Waals surface area contributed by atoms with Crippen molar-refractivity contribution < 1.29 is 4.39 Å². The molecule has 21 heavy (non-hydrogen) atoms. The second-order valence-electron chi connectivity index (χ2n) is 4.47. The van der Waals surface area contributed by atoms with Crippen LogP contribution < -0.4 is 5.56 Å². The van der Waals surface area contributed by atoms with E-state index in [9.17, 15) is 9.18 Å². The molecule has 0 atom stereocenters. The average molecular weight is 321 g/mol. The molecule has 3 nitrogen and oxygen atoms in total. The van der Waals surface area contributed by atoms with Crippen molar-refractivity contribution in [2.45, 2.75) is 6.92 Å². The maximum absolute atomic E-state index is 14.1. The third-order valence-corrected chi connectivity index (χ3v) is 4.38. The summed E-state index contributed by atoms with van der Waals surface area (Å²) in [6, 6.07) is 9.74. The molecule has 0 saturated heterocycles. The highest BCUT2D eigenvalue weighted by Crippen LogP contribution is 2.37. The van der Waals surface area contributed by atoms with Gasteiger partial charge in [0, 0.05) is 16.0 Å². The van der Waals surface area contributed by atoms with Crippen LogP contribution in [0.1, 0.15) is 5.69 Å². The second kappa shape index (κ2) is 5.42. The quantitative estimate of drug-likeness (QED) is 0.766. The van der Waals surface area contributed by atoms with E-state index in [1.165, 1.54) is 17.4 Å². The van der Waals surface area contributed by atoms with Crippen molar-refractivity contribution in [1.29, 1.82) is 0 Å². The number of halogens is 2. The Hall–Kier alpha value is -1.98. The summed E-state index contributed by atoms with van der Waals surface area (Å²) in [6.07, 6.45) is 0. The third-order valence-electron chi connectivity index (χ3n) is 3.13. The lowest BCUT2D eigenvalue weighted by Gasteiger charge is -2.10. The van der Waals surface area contributed by atoms with Gasteiger partial charge in [-0.25, -0.2) is 9.49 Å². The van der Waals surface area contributed by atoms with Crippen molar-refractivity contribution in [3.05, 3.63) is 62.6 Å². The molecule has 0 spiro atoms. The van der Waals surface area contributed by atoms with Gasteiger partial charge in [-0.1, -0.05) is 29.8 Å². The molecule has 0 bridgehead atoms. The van der Waals surface area contributed by atoms with Gasteiger partial charge in [0.2, 0.25) is 0 Å². The number of H-pyrrole nitrogens is 1. The molecule has 0 unspecified atom stereocenters. The molecule has 2 heterocycles. The largest absolute Gasteiger partial charge is 0.272 e. The maximum atomic E-state index is 14.1. The Balaban J connectivity index is 2.38. The molecule has 0 saturated carbocycles. The summed E-state index contributed by atoms with van der Waals surface area (Å²) in [5, 5.41) is 6.39. The summed E-state index contributed by atoms with van der Waals surface area (Å²) in [7, 11) is 0. The van der Waals surface area contributed by atoms with Crippen LogP contribution in [-0.2, 0) is 0 Å². The van der Waals surface area contributed by atoms with Gasteiger partial charge in [-0.15, -0.1) is 11.3 Å². The van der Waals surface area contributed by atoms with Crippen molar-refractivity contribution in [3.63, 3.8) is 0 Å². The summed E-state index contributed by atoms with van der Waals surface area (Å²) >= 11 is 7.30. The molecular formula is C15H10ClFN2OS. The van der Waals surface area contributed by atoms with Gasteiger partial charge in [0.1, 0.15) is 5.82 Å². The lowest BCUT2D eigenvalue weighted by molar-refractivity contribution is 0.631. The highest BCUT2D eigenvalue weighted by molar-refractivity contribution is 7.19. The van der Waals surface area contributed by atoms with Crippen LogP contribution in [0.2, 0.25) is 4.34 Å². The van der Waals surface area contributed by atoms with E-state index in [4.69, 9.17) is 11.6 Å². The Morgan fingerprint density at radius 3 is 2.62 bits per heavy atom. The topological polar surface area (TPSA) is 45.8 Å². The van der Waals surface area contributed by atoms with Crippen LogP contribution in [0.3, 0.4) is 0 Å². The minimum atomic E-state index is -0.447. The zero-order valence-electron chi connectivity index (χ0n) is 11.0. The highest BCUT2D eigenvalue weighted by atomic mass is 35.5. The Bertz CT molecular complexity index is 872. The van der Waals surface area contributed by atoms with Gasteiger partial charge < -0.3 is 0 Å². The molecule has 0 fully saturated rings. The van der Waals surface area contributed by atoms with Gasteiger partial charge in [-0.05, 0) is 25.1 Å². The zero-order chi connectivity index (χ0) is 15.0. The van der Waals surface area contributed by atoms with Crippen LogP contribution >= 0.6 is 22.9 Å². The van der Waals surface area contributed by atoms with E-state index >= 15 is 0 Å². The van der Waals surface area contributed by atoms with Crippen molar-refractivity contribution in [2.75, 3.05) is 0 Å². The van der Waals surface area contributed by atoms with E-state index < -0.39 is 11.4 Å². The molecule has 0 aliphatic heterocycles. The normalized spacial score (nSPS) is 10.8. The van der Waals surface area contributed by atoms with Crippen molar-refractivity contribution in [1.82, 2.24) is 10.2 Å².